The van der Waals surface area contributed by atoms with Crippen molar-refractivity contribution in [2.24, 2.45) is 0 Å². The number of hydrogen-bond acceptors (Lipinski definition) is 2. The molecule has 0 bridgehead atoms. The number of aromatic nitrogens is 1. The van der Waals surface area contributed by atoms with Crippen molar-refractivity contribution in [3.05, 3.63) is 22.5 Å². The third-order valence-electron chi connectivity index (χ3n) is 3.09. The number of carbonyl (C=O) groups is 1. The Morgan fingerprint density at radius 1 is 1.26 bits per heavy atom. The number of aryl methyl sites for hydroxylation is 1. The number of aromatic amines is 1. The van der Waals surface area contributed by atoms with Crippen LogP contribution in [0.5, 0.6) is 0 Å². The van der Waals surface area contributed by atoms with Crippen LogP contribution in [-0.2, 0) is 0 Å². The van der Waals surface area contributed by atoms with Crippen LogP contribution in [0.2, 0.25) is 0 Å². The fourth-order valence-corrected chi connectivity index (χ4v) is 2.79. The van der Waals surface area contributed by atoms with Gasteiger partial charge >= 0.3 is 0 Å². The van der Waals surface area contributed by atoms with Gasteiger partial charge in [0.1, 0.15) is 0 Å². The van der Waals surface area contributed by atoms with Crippen molar-refractivity contribution in [3.63, 3.8) is 0 Å². The van der Waals surface area contributed by atoms with E-state index in [2.05, 4.69) is 64.6 Å². The molecule has 0 aliphatic heterocycles. The van der Waals surface area contributed by atoms with E-state index in [0.29, 0.717) is 5.92 Å². The Morgan fingerprint density at radius 2 is 1.84 bits per heavy atom. The number of hydrogen-bond donors (Lipinski definition) is 1. The second kappa shape index (κ2) is 7.26. The lowest BCUT2D eigenvalue weighted by molar-refractivity contribution is 0.0886. The third-order valence-corrected chi connectivity index (χ3v) is 4.50. The maximum absolute atomic E-state index is 12.5. The SMILES string of the molecule is Cc1[nH]c(C(C)C)c(C)c1C(=O)N(I)CCN(C)I. The van der Waals surface area contributed by atoms with Crippen LogP contribution in [0.1, 0.15) is 47.1 Å². The Balaban J connectivity index is 2.93. The summed E-state index contributed by atoms with van der Waals surface area (Å²) in [6.45, 7) is 9.86. The van der Waals surface area contributed by atoms with E-state index in [1.54, 1.807) is 3.11 Å². The van der Waals surface area contributed by atoms with E-state index in [-0.39, 0.29) is 5.91 Å². The number of carbonyl (C=O) groups excluding carboxylic acids is 1. The number of H-pyrrole nitrogens is 1. The molecule has 1 amide bonds. The zero-order chi connectivity index (χ0) is 14.7. The molecule has 0 aliphatic carbocycles. The number of nitrogens with zero attached hydrogens (tertiary/aromatic N) is 2. The normalized spacial score (nSPS) is 11.4. The molecule has 19 heavy (non-hydrogen) atoms. The highest BCUT2D eigenvalue weighted by molar-refractivity contribution is 14.1. The zero-order valence-corrected chi connectivity index (χ0v) is 16.4. The first-order chi connectivity index (χ1) is 8.75. The van der Waals surface area contributed by atoms with Gasteiger partial charge in [0.05, 0.1) is 28.4 Å². The molecule has 1 aromatic rings. The molecule has 0 aromatic carbocycles. The van der Waals surface area contributed by atoms with Gasteiger partial charge in [0.15, 0.2) is 0 Å². The fraction of sp³-hybridized carbons (Fsp3) is 0.615. The molecule has 108 valence electrons. The predicted octanol–water partition coefficient (Wildman–Crippen LogP) is 3.83. The van der Waals surface area contributed by atoms with E-state index in [1.165, 1.54) is 0 Å². The third kappa shape index (κ3) is 4.32. The van der Waals surface area contributed by atoms with Crippen LogP contribution >= 0.6 is 45.7 Å². The molecule has 1 N–H and O–H groups in total. The maximum atomic E-state index is 12.5. The topological polar surface area (TPSA) is 39.3 Å². The first-order valence-corrected chi connectivity index (χ1v) is 8.22. The van der Waals surface area contributed by atoms with E-state index >= 15 is 0 Å². The molecular weight excluding hydrogens is 468 g/mol. The molecule has 0 spiro atoms. The Labute approximate surface area is 143 Å². The molecule has 1 rings (SSSR count). The summed E-state index contributed by atoms with van der Waals surface area (Å²) < 4.78 is 3.81. The second-order valence-electron chi connectivity index (χ2n) is 5.04. The van der Waals surface area contributed by atoms with Crippen molar-refractivity contribution < 1.29 is 4.79 Å². The Kier molecular flexibility index (Phi) is 6.58. The van der Waals surface area contributed by atoms with Crippen molar-refractivity contribution in [1.82, 2.24) is 11.2 Å². The minimum absolute atomic E-state index is 0.0944. The molecular formula is C13H21I2N3O. The largest absolute Gasteiger partial charge is 0.361 e. The maximum Gasteiger partial charge on any atom is 0.264 e. The van der Waals surface area contributed by atoms with Crippen LogP contribution in [0.25, 0.3) is 0 Å². The van der Waals surface area contributed by atoms with Crippen molar-refractivity contribution in [3.8, 4) is 0 Å². The van der Waals surface area contributed by atoms with Gasteiger partial charge in [-0.2, -0.15) is 0 Å². The summed E-state index contributed by atoms with van der Waals surface area (Å²) in [4.78, 5) is 15.9. The number of amides is 1. The van der Waals surface area contributed by atoms with Gasteiger partial charge < -0.3 is 4.98 Å². The van der Waals surface area contributed by atoms with Gasteiger partial charge in [0.25, 0.3) is 5.91 Å². The molecule has 0 fully saturated rings. The lowest BCUT2D eigenvalue weighted by Gasteiger charge is -2.17. The first-order valence-electron chi connectivity index (χ1n) is 6.29. The summed E-state index contributed by atoms with van der Waals surface area (Å²) in [7, 11) is 2.00. The van der Waals surface area contributed by atoms with Crippen molar-refractivity contribution in [2.45, 2.75) is 33.6 Å². The number of likely N-dealkylation sites (N-methyl/N-ethyl adjacent to an activating group) is 1. The van der Waals surface area contributed by atoms with Gasteiger partial charge in [-0.3, -0.25) is 7.91 Å². The zero-order valence-electron chi connectivity index (χ0n) is 12.1. The van der Waals surface area contributed by atoms with Gasteiger partial charge in [0, 0.05) is 47.3 Å². The predicted molar refractivity (Wildman–Crippen MR) is 96.1 cm³/mol. The average Bonchev–Trinajstić information content (AvgIpc) is 2.61. The molecule has 0 radical (unpaired) electrons. The second-order valence-corrected chi connectivity index (χ2v) is 7.85. The summed E-state index contributed by atoms with van der Waals surface area (Å²) in [6.07, 6.45) is 0. The van der Waals surface area contributed by atoms with Gasteiger partial charge in [-0.05, 0) is 32.4 Å². The molecule has 4 nitrogen and oxygen atoms in total. The summed E-state index contributed by atoms with van der Waals surface area (Å²) in [5.74, 6) is 0.500. The summed E-state index contributed by atoms with van der Waals surface area (Å²) in [5, 5.41) is 0. The molecule has 0 aliphatic rings. The number of halogens is 2. The quantitative estimate of drug-likeness (QED) is 0.505. The van der Waals surface area contributed by atoms with Crippen LogP contribution in [0.3, 0.4) is 0 Å². The minimum Gasteiger partial charge on any atom is -0.361 e. The summed E-state index contributed by atoms with van der Waals surface area (Å²) >= 11 is 4.33. The molecule has 0 saturated carbocycles. The van der Waals surface area contributed by atoms with Gasteiger partial charge in [-0.1, -0.05) is 13.8 Å². The van der Waals surface area contributed by atoms with E-state index in [0.717, 1.165) is 35.6 Å². The van der Waals surface area contributed by atoms with E-state index < -0.39 is 0 Å². The van der Waals surface area contributed by atoms with Gasteiger partial charge in [-0.25, -0.2) is 3.11 Å². The molecule has 0 saturated heterocycles. The van der Waals surface area contributed by atoms with Crippen LogP contribution in [-0.4, -0.2) is 37.3 Å². The highest BCUT2D eigenvalue weighted by atomic mass is 127. The minimum atomic E-state index is 0.0944. The van der Waals surface area contributed by atoms with Crippen LogP contribution < -0.4 is 0 Å². The van der Waals surface area contributed by atoms with E-state index in [9.17, 15) is 4.79 Å². The van der Waals surface area contributed by atoms with Crippen LogP contribution in [0.15, 0.2) is 0 Å². The molecule has 1 heterocycles. The van der Waals surface area contributed by atoms with Gasteiger partial charge in [-0.15, -0.1) is 0 Å². The first kappa shape index (κ1) is 17.2. The lowest BCUT2D eigenvalue weighted by atomic mass is 10.0. The van der Waals surface area contributed by atoms with E-state index in [1.807, 2.05) is 24.0 Å². The van der Waals surface area contributed by atoms with Crippen molar-refractivity contribution in [1.29, 1.82) is 0 Å². The molecule has 6 heteroatoms. The fourth-order valence-electron chi connectivity index (χ4n) is 2.12. The van der Waals surface area contributed by atoms with E-state index in [4.69, 9.17) is 0 Å². The van der Waals surface area contributed by atoms with Crippen molar-refractivity contribution >= 4 is 51.6 Å². The Bertz CT molecular complexity index is 455. The van der Waals surface area contributed by atoms with Crippen LogP contribution in [0, 0.1) is 13.8 Å². The highest BCUT2D eigenvalue weighted by Crippen LogP contribution is 2.26. The lowest BCUT2D eigenvalue weighted by Crippen LogP contribution is -2.28. The average molecular weight is 489 g/mol. The monoisotopic (exact) mass is 489 g/mol. The number of rotatable bonds is 5. The molecule has 0 unspecified atom stereocenters. The number of nitrogens with one attached hydrogen (secondary N) is 1. The Morgan fingerprint density at radius 3 is 2.26 bits per heavy atom. The standard InChI is InChI=1S/C13H21I2N3O/c1-8(2)12-9(3)11(10(4)16-12)13(19)18(15)7-6-17(5)14/h8,16H,6-7H2,1-5H3. The van der Waals surface area contributed by atoms with Gasteiger partial charge in [0.2, 0.25) is 0 Å². The smallest absolute Gasteiger partial charge is 0.264 e. The summed E-state index contributed by atoms with van der Waals surface area (Å²) in [5.41, 5.74) is 4.04. The van der Waals surface area contributed by atoms with Crippen molar-refractivity contribution in [2.75, 3.05) is 20.1 Å². The Hall–Kier alpha value is 0.170. The summed E-state index contributed by atoms with van der Waals surface area (Å²) in [6, 6.07) is 0. The molecule has 1 aromatic heterocycles. The molecule has 0 atom stereocenters. The highest BCUT2D eigenvalue weighted by Gasteiger charge is 2.22. The van der Waals surface area contributed by atoms with Crippen LogP contribution in [0.4, 0.5) is 0 Å².